The van der Waals surface area contributed by atoms with Crippen molar-refractivity contribution in [3.63, 3.8) is 0 Å². The Morgan fingerprint density at radius 2 is 1.95 bits per heavy atom. The minimum absolute atomic E-state index is 0.0216. The second kappa shape index (κ2) is 5.75. The molecule has 1 aliphatic heterocycles. The third-order valence-corrected chi connectivity index (χ3v) is 4.06. The summed E-state index contributed by atoms with van der Waals surface area (Å²) < 4.78 is 0. The minimum Gasteiger partial charge on any atom is -0.347 e. The summed E-state index contributed by atoms with van der Waals surface area (Å²) in [5.41, 5.74) is 1.19. The van der Waals surface area contributed by atoms with Crippen molar-refractivity contribution < 1.29 is 9.59 Å². The van der Waals surface area contributed by atoms with Gasteiger partial charge in [0.25, 0.3) is 5.91 Å². The molecule has 0 N–H and O–H groups in total. The maximum absolute atomic E-state index is 12.7. The molecule has 1 saturated heterocycles. The Labute approximate surface area is 129 Å². The van der Waals surface area contributed by atoms with Gasteiger partial charge in [-0.2, -0.15) is 0 Å². The lowest BCUT2D eigenvalue weighted by Gasteiger charge is -2.26. The number of likely N-dealkylation sites (N-methyl/N-ethyl adjacent to an activating group) is 1. The quantitative estimate of drug-likeness (QED) is 0.851. The van der Waals surface area contributed by atoms with E-state index in [4.69, 9.17) is 0 Å². The van der Waals surface area contributed by atoms with Crippen LogP contribution in [0.4, 0.5) is 0 Å². The molecule has 22 heavy (non-hydrogen) atoms. The number of aromatic nitrogens is 1. The standard InChI is InChI=1S/C17H19N3O2/c1-19(2)17(22)15-8-5-11-20(15)16(21)14-10-9-12-6-3-4-7-13(12)18-14/h3-4,6-7,9-10,15H,5,8,11H2,1-2H3. The number of likely N-dealkylation sites (tertiary alicyclic amines) is 1. The molecule has 0 bridgehead atoms. The Bertz CT molecular complexity index is 727. The summed E-state index contributed by atoms with van der Waals surface area (Å²) in [5, 5.41) is 1.00. The fraction of sp³-hybridized carbons (Fsp3) is 0.353. The molecule has 0 saturated carbocycles. The summed E-state index contributed by atoms with van der Waals surface area (Å²) in [6, 6.07) is 11.0. The van der Waals surface area contributed by atoms with Crippen molar-refractivity contribution in [1.82, 2.24) is 14.8 Å². The number of carbonyl (C=O) groups excluding carboxylic acids is 2. The van der Waals surface area contributed by atoms with E-state index in [1.807, 2.05) is 30.3 Å². The van der Waals surface area contributed by atoms with E-state index in [-0.39, 0.29) is 17.9 Å². The molecule has 2 heterocycles. The first-order valence-electron chi connectivity index (χ1n) is 7.46. The van der Waals surface area contributed by atoms with Crippen molar-refractivity contribution in [2.24, 2.45) is 0 Å². The molecule has 0 spiro atoms. The minimum atomic E-state index is -0.365. The molecular weight excluding hydrogens is 278 g/mol. The first kappa shape index (κ1) is 14.5. The van der Waals surface area contributed by atoms with Gasteiger partial charge < -0.3 is 9.80 Å². The summed E-state index contributed by atoms with van der Waals surface area (Å²) in [6.45, 7) is 0.609. The lowest BCUT2D eigenvalue weighted by Crippen LogP contribution is -2.45. The van der Waals surface area contributed by atoms with Crippen LogP contribution in [0.25, 0.3) is 10.9 Å². The first-order valence-corrected chi connectivity index (χ1v) is 7.46. The molecule has 1 atom stereocenters. The van der Waals surface area contributed by atoms with Crippen LogP contribution in [0.2, 0.25) is 0 Å². The van der Waals surface area contributed by atoms with Gasteiger partial charge in [-0.15, -0.1) is 0 Å². The molecule has 1 aliphatic rings. The van der Waals surface area contributed by atoms with Crippen molar-refractivity contribution >= 4 is 22.7 Å². The highest BCUT2D eigenvalue weighted by molar-refractivity contribution is 5.98. The van der Waals surface area contributed by atoms with E-state index in [0.29, 0.717) is 12.2 Å². The van der Waals surface area contributed by atoms with Crippen LogP contribution >= 0.6 is 0 Å². The van der Waals surface area contributed by atoms with E-state index in [2.05, 4.69) is 4.98 Å². The van der Waals surface area contributed by atoms with Crippen LogP contribution in [0.5, 0.6) is 0 Å². The fourth-order valence-electron chi connectivity index (χ4n) is 2.90. The molecule has 2 aromatic rings. The van der Waals surface area contributed by atoms with Crippen LogP contribution in [0.1, 0.15) is 23.3 Å². The van der Waals surface area contributed by atoms with Gasteiger partial charge in [0.05, 0.1) is 5.52 Å². The number of carbonyl (C=O) groups is 2. The van der Waals surface area contributed by atoms with E-state index >= 15 is 0 Å². The van der Waals surface area contributed by atoms with E-state index in [0.717, 1.165) is 23.7 Å². The maximum Gasteiger partial charge on any atom is 0.273 e. The molecule has 0 aliphatic carbocycles. The van der Waals surface area contributed by atoms with Gasteiger partial charge in [-0.3, -0.25) is 9.59 Å². The Morgan fingerprint density at radius 1 is 1.18 bits per heavy atom. The van der Waals surface area contributed by atoms with E-state index in [1.165, 1.54) is 0 Å². The third-order valence-electron chi connectivity index (χ3n) is 4.06. The van der Waals surface area contributed by atoms with Gasteiger partial charge in [-0.25, -0.2) is 4.98 Å². The van der Waals surface area contributed by atoms with Crippen LogP contribution in [0.3, 0.4) is 0 Å². The van der Waals surface area contributed by atoms with Gasteiger partial charge in [0.15, 0.2) is 0 Å². The number of pyridine rings is 1. The molecule has 114 valence electrons. The zero-order chi connectivity index (χ0) is 15.7. The summed E-state index contributed by atoms with van der Waals surface area (Å²) >= 11 is 0. The number of amides is 2. The predicted molar refractivity (Wildman–Crippen MR) is 84.5 cm³/mol. The number of rotatable bonds is 2. The van der Waals surface area contributed by atoms with Gasteiger partial charge in [-0.05, 0) is 25.0 Å². The highest BCUT2D eigenvalue weighted by atomic mass is 16.2. The highest BCUT2D eigenvalue weighted by Gasteiger charge is 2.35. The molecule has 5 nitrogen and oxygen atoms in total. The zero-order valence-electron chi connectivity index (χ0n) is 12.8. The topological polar surface area (TPSA) is 53.5 Å². The molecule has 1 fully saturated rings. The molecule has 0 radical (unpaired) electrons. The highest BCUT2D eigenvalue weighted by Crippen LogP contribution is 2.22. The average molecular weight is 297 g/mol. The van der Waals surface area contributed by atoms with Crippen LogP contribution in [-0.4, -0.2) is 53.3 Å². The van der Waals surface area contributed by atoms with Crippen LogP contribution in [-0.2, 0) is 4.79 Å². The monoisotopic (exact) mass is 297 g/mol. The van der Waals surface area contributed by atoms with Gasteiger partial charge >= 0.3 is 0 Å². The first-order chi connectivity index (χ1) is 10.6. The molecule has 5 heteroatoms. The number of para-hydroxylation sites is 1. The second-order valence-electron chi connectivity index (χ2n) is 5.78. The molecular formula is C17H19N3O2. The second-order valence-corrected chi connectivity index (χ2v) is 5.78. The molecule has 1 aromatic heterocycles. The van der Waals surface area contributed by atoms with Crippen molar-refractivity contribution in [2.45, 2.75) is 18.9 Å². The Morgan fingerprint density at radius 3 is 2.73 bits per heavy atom. The van der Waals surface area contributed by atoms with Crippen molar-refractivity contribution in [3.8, 4) is 0 Å². The third kappa shape index (κ3) is 2.54. The lowest BCUT2D eigenvalue weighted by atomic mass is 10.1. The van der Waals surface area contributed by atoms with Crippen LogP contribution in [0.15, 0.2) is 36.4 Å². The summed E-state index contributed by atoms with van der Waals surface area (Å²) in [7, 11) is 3.44. The predicted octanol–water partition coefficient (Wildman–Crippen LogP) is 1.93. The molecule has 3 rings (SSSR count). The normalized spacial score (nSPS) is 17.7. The summed E-state index contributed by atoms with van der Waals surface area (Å²) in [6.07, 6.45) is 1.57. The fourth-order valence-corrected chi connectivity index (χ4v) is 2.90. The smallest absolute Gasteiger partial charge is 0.273 e. The Hall–Kier alpha value is -2.43. The molecule has 2 amide bonds. The van der Waals surface area contributed by atoms with E-state index in [1.54, 1.807) is 30.0 Å². The van der Waals surface area contributed by atoms with Crippen LogP contribution < -0.4 is 0 Å². The number of benzene rings is 1. The van der Waals surface area contributed by atoms with E-state index < -0.39 is 0 Å². The number of nitrogens with zero attached hydrogens (tertiary/aromatic N) is 3. The SMILES string of the molecule is CN(C)C(=O)C1CCCN1C(=O)c1ccc2ccccc2n1. The van der Waals surface area contributed by atoms with Crippen molar-refractivity contribution in [3.05, 3.63) is 42.1 Å². The van der Waals surface area contributed by atoms with Gasteiger partial charge in [0.1, 0.15) is 11.7 Å². The average Bonchev–Trinajstić information content (AvgIpc) is 3.02. The Kier molecular flexibility index (Phi) is 3.79. The number of fused-ring (bicyclic) bond motifs is 1. The van der Waals surface area contributed by atoms with Crippen molar-refractivity contribution in [2.75, 3.05) is 20.6 Å². The van der Waals surface area contributed by atoms with Gasteiger partial charge in [-0.1, -0.05) is 24.3 Å². The van der Waals surface area contributed by atoms with Gasteiger partial charge in [0, 0.05) is 26.0 Å². The lowest BCUT2D eigenvalue weighted by molar-refractivity contribution is -0.132. The largest absolute Gasteiger partial charge is 0.347 e. The van der Waals surface area contributed by atoms with Gasteiger partial charge in [0.2, 0.25) is 5.91 Å². The number of hydrogen-bond acceptors (Lipinski definition) is 3. The van der Waals surface area contributed by atoms with Crippen molar-refractivity contribution in [1.29, 1.82) is 0 Å². The van der Waals surface area contributed by atoms with Crippen LogP contribution in [0, 0.1) is 0 Å². The molecule has 1 aromatic carbocycles. The molecule has 1 unspecified atom stereocenters. The Balaban J connectivity index is 1.89. The summed E-state index contributed by atoms with van der Waals surface area (Å²) in [5.74, 6) is -0.185. The zero-order valence-corrected chi connectivity index (χ0v) is 12.8. The maximum atomic E-state index is 12.7. The van der Waals surface area contributed by atoms with E-state index in [9.17, 15) is 9.59 Å². The number of hydrogen-bond donors (Lipinski definition) is 0. The summed E-state index contributed by atoms with van der Waals surface area (Å²) in [4.78, 5) is 32.6.